The van der Waals surface area contributed by atoms with Crippen LogP contribution < -0.4 is 10.9 Å². The molecular weight excluding hydrogens is 208 g/mol. The summed E-state index contributed by atoms with van der Waals surface area (Å²) in [4.78, 5) is 19.6. The molecule has 0 fully saturated rings. The fourth-order valence-electron chi connectivity index (χ4n) is 1.38. The highest BCUT2D eigenvalue weighted by atomic mass is 16.5. The van der Waals surface area contributed by atoms with Crippen LogP contribution in [0, 0.1) is 0 Å². The van der Waals surface area contributed by atoms with Gasteiger partial charge < -0.3 is 4.74 Å². The van der Waals surface area contributed by atoms with Gasteiger partial charge in [0.1, 0.15) is 5.84 Å². The first kappa shape index (κ1) is 10.6. The monoisotopic (exact) mass is 220 g/mol. The Morgan fingerprint density at radius 2 is 2.12 bits per heavy atom. The minimum absolute atomic E-state index is 0.195. The maximum absolute atomic E-state index is 11.4. The summed E-state index contributed by atoms with van der Waals surface area (Å²) in [7, 11) is 1.54. The largest absolute Gasteiger partial charge is 0.382 e. The van der Waals surface area contributed by atoms with Gasteiger partial charge in [-0.25, -0.2) is 0 Å². The van der Waals surface area contributed by atoms with Crippen molar-refractivity contribution in [1.29, 1.82) is 0 Å². The molecule has 2 heterocycles. The van der Waals surface area contributed by atoms with Crippen LogP contribution in [0.2, 0.25) is 0 Å². The number of aliphatic imine (C=N–C) groups is 1. The van der Waals surface area contributed by atoms with Crippen LogP contribution in [0.1, 0.15) is 5.56 Å². The lowest BCUT2D eigenvalue weighted by molar-refractivity contribution is -0.124. The van der Waals surface area contributed by atoms with E-state index in [0.717, 1.165) is 5.56 Å². The maximum Gasteiger partial charge on any atom is 0.265 e. The molecule has 6 nitrogen and oxygen atoms in total. The normalized spacial score (nSPS) is 19.7. The highest BCUT2D eigenvalue weighted by molar-refractivity contribution is 6.03. The molecular formula is C10H12N4O2. The molecule has 1 aromatic rings. The van der Waals surface area contributed by atoms with Crippen LogP contribution >= 0.6 is 0 Å². The second kappa shape index (κ2) is 4.71. The number of aromatic nitrogens is 1. The molecule has 84 valence electrons. The van der Waals surface area contributed by atoms with E-state index in [1.165, 1.54) is 7.11 Å². The predicted molar refractivity (Wildman–Crippen MR) is 57.7 cm³/mol. The standard InChI is InChI=1S/C10H12N4O2/c1-16-6-8-10(15)14-13-9(12-8)7-2-4-11-5-3-7/h2-5,8H,6H2,1H3,(H,12,13)(H,14,15). The number of amidine groups is 1. The summed E-state index contributed by atoms with van der Waals surface area (Å²) in [6, 6.07) is 3.12. The summed E-state index contributed by atoms with van der Waals surface area (Å²) in [6.45, 7) is 0.266. The zero-order chi connectivity index (χ0) is 11.4. The summed E-state index contributed by atoms with van der Waals surface area (Å²) < 4.78 is 4.93. The minimum Gasteiger partial charge on any atom is -0.382 e. The number of carbonyl (C=O) groups is 1. The van der Waals surface area contributed by atoms with Crippen LogP contribution in [0.5, 0.6) is 0 Å². The lowest BCUT2D eigenvalue weighted by Gasteiger charge is -2.21. The van der Waals surface area contributed by atoms with Gasteiger partial charge in [0.2, 0.25) is 0 Å². The molecule has 2 rings (SSSR count). The van der Waals surface area contributed by atoms with Gasteiger partial charge in [-0.2, -0.15) is 0 Å². The Kier molecular flexibility index (Phi) is 3.11. The lowest BCUT2D eigenvalue weighted by Crippen LogP contribution is -2.52. The highest BCUT2D eigenvalue weighted by Crippen LogP contribution is 2.04. The molecule has 6 heteroatoms. The first-order valence-corrected chi connectivity index (χ1v) is 4.84. The van der Waals surface area contributed by atoms with Gasteiger partial charge in [0.15, 0.2) is 6.04 Å². The SMILES string of the molecule is COCC1N=C(c2ccncc2)NNC1=O. The Hall–Kier alpha value is -1.95. The number of hydrogen-bond donors (Lipinski definition) is 2. The molecule has 1 amide bonds. The van der Waals surface area contributed by atoms with E-state index in [1.807, 2.05) is 12.1 Å². The second-order valence-corrected chi connectivity index (χ2v) is 3.30. The molecule has 0 aromatic carbocycles. The summed E-state index contributed by atoms with van der Waals surface area (Å²) in [5.41, 5.74) is 6.16. The number of nitrogens with zero attached hydrogens (tertiary/aromatic N) is 2. The van der Waals surface area contributed by atoms with Gasteiger partial charge in [-0.15, -0.1) is 0 Å². The van der Waals surface area contributed by atoms with Crippen molar-refractivity contribution in [2.45, 2.75) is 6.04 Å². The van der Waals surface area contributed by atoms with E-state index in [9.17, 15) is 4.79 Å². The van der Waals surface area contributed by atoms with Crippen LogP contribution in [-0.4, -0.2) is 36.5 Å². The summed E-state index contributed by atoms with van der Waals surface area (Å²) in [5, 5.41) is 0. The molecule has 0 radical (unpaired) electrons. The van der Waals surface area contributed by atoms with Gasteiger partial charge >= 0.3 is 0 Å². The lowest BCUT2D eigenvalue weighted by atomic mass is 10.2. The molecule has 0 aliphatic carbocycles. The number of methoxy groups -OCH3 is 1. The van der Waals surface area contributed by atoms with Crippen LogP contribution in [-0.2, 0) is 9.53 Å². The number of hydrogen-bond acceptors (Lipinski definition) is 5. The van der Waals surface area contributed by atoms with Gasteiger partial charge in [-0.3, -0.25) is 25.6 Å². The maximum atomic E-state index is 11.4. The Morgan fingerprint density at radius 1 is 1.38 bits per heavy atom. The van der Waals surface area contributed by atoms with Crippen molar-refractivity contribution in [2.24, 2.45) is 4.99 Å². The average molecular weight is 220 g/mol. The predicted octanol–water partition coefficient (Wildman–Crippen LogP) is -0.522. The number of hydrazine groups is 1. The number of rotatable bonds is 3. The van der Waals surface area contributed by atoms with E-state index >= 15 is 0 Å². The first-order valence-electron chi connectivity index (χ1n) is 4.84. The first-order chi connectivity index (χ1) is 7.81. The van der Waals surface area contributed by atoms with Crippen molar-refractivity contribution < 1.29 is 9.53 Å². The van der Waals surface area contributed by atoms with Crippen molar-refractivity contribution in [3.8, 4) is 0 Å². The van der Waals surface area contributed by atoms with E-state index in [-0.39, 0.29) is 12.5 Å². The van der Waals surface area contributed by atoms with Gasteiger partial charge in [0, 0.05) is 25.1 Å². The van der Waals surface area contributed by atoms with Crippen LogP contribution in [0.4, 0.5) is 0 Å². The fraction of sp³-hybridized carbons (Fsp3) is 0.300. The summed E-state index contributed by atoms with van der Waals surface area (Å²) >= 11 is 0. The summed E-state index contributed by atoms with van der Waals surface area (Å²) in [5.74, 6) is 0.420. The number of ether oxygens (including phenoxy) is 1. The topological polar surface area (TPSA) is 75.6 Å². The molecule has 0 saturated heterocycles. The number of pyridine rings is 1. The van der Waals surface area contributed by atoms with Crippen molar-refractivity contribution in [3.63, 3.8) is 0 Å². The molecule has 1 unspecified atom stereocenters. The smallest absolute Gasteiger partial charge is 0.265 e. The Morgan fingerprint density at radius 3 is 2.81 bits per heavy atom. The average Bonchev–Trinajstić information content (AvgIpc) is 2.33. The molecule has 16 heavy (non-hydrogen) atoms. The van der Waals surface area contributed by atoms with Gasteiger partial charge in [0.05, 0.1) is 6.61 Å². The molecule has 1 aliphatic rings. The van der Waals surface area contributed by atoms with E-state index in [1.54, 1.807) is 12.4 Å². The quantitative estimate of drug-likeness (QED) is 0.718. The van der Waals surface area contributed by atoms with E-state index in [2.05, 4.69) is 20.8 Å². The van der Waals surface area contributed by atoms with Gasteiger partial charge in [-0.05, 0) is 12.1 Å². The Bertz CT molecular complexity index is 405. The number of carbonyl (C=O) groups excluding carboxylic acids is 1. The van der Waals surface area contributed by atoms with E-state index in [0.29, 0.717) is 5.84 Å². The number of amides is 1. The van der Waals surface area contributed by atoms with Crippen molar-refractivity contribution in [3.05, 3.63) is 30.1 Å². The van der Waals surface area contributed by atoms with Crippen molar-refractivity contribution in [2.75, 3.05) is 13.7 Å². The highest BCUT2D eigenvalue weighted by Gasteiger charge is 2.23. The van der Waals surface area contributed by atoms with Crippen molar-refractivity contribution >= 4 is 11.7 Å². The third kappa shape index (κ3) is 2.17. The zero-order valence-corrected chi connectivity index (χ0v) is 8.80. The third-order valence-electron chi connectivity index (χ3n) is 2.17. The molecule has 2 N–H and O–H groups in total. The molecule has 0 saturated carbocycles. The molecule has 0 bridgehead atoms. The van der Waals surface area contributed by atoms with Gasteiger partial charge in [0.25, 0.3) is 5.91 Å². The Balaban J connectivity index is 2.22. The summed E-state index contributed by atoms with van der Waals surface area (Å²) in [6.07, 6.45) is 3.34. The minimum atomic E-state index is -0.505. The third-order valence-corrected chi connectivity index (χ3v) is 2.17. The fourth-order valence-corrected chi connectivity index (χ4v) is 1.38. The number of nitrogens with one attached hydrogen (secondary N) is 2. The zero-order valence-electron chi connectivity index (χ0n) is 8.80. The van der Waals surface area contributed by atoms with Crippen LogP contribution in [0.3, 0.4) is 0 Å². The van der Waals surface area contributed by atoms with Crippen LogP contribution in [0.15, 0.2) is 29.5 Å². The molecule has 1 aromatic heterocycles. The van der Waals surface area contributed by atoms with Crippen LogP contribution in [0.25, 0.3) is 0 Å². The van der Waals surface area contributed by atoms with Gasteiger partial charge in [-0.1, -0.05) is 0 Å². The van der Waals surface area contributed by atoms with E-state index < -0.39 is 6.04 Å². The second-order valence-electron chi connectivity index (χ2n) is 3.30. The molecule has 1 atom stereocenters. The molecule has 0 spiro atoms. The Labute approximate surface area is 92.7 Å². The van der Waals surface area contributed by atoms with Crippen molar-refractivity contribution in [1.82, 2.24) is 15.8 Å². The van der Waals surface area contributed by atoms with E-state index in [4.69, 9.17) is 4.74 Å². The molecule has 1 aliphatic heterocycles.